The number of hydrogen-bond acceptors (Lipinski definition) is 4. The Morgan fingerprint density at radius 3 is 2.53 bits per heavy atom. The second-order valence-electron chi connectivity index (χ2n) is 5.44. The van der Waals surface area contributed by atoms with E-state index in [4.69, 9.17) is 4.74 Å². The van der Waals surface area contributed by atoms with Crippen LogP contribution in [0.2, 0.25) is 0 Å². The van der Waals surface area contributed by atoms with Crippen LogP contribution in [0.15, 0.2) is 0 Å². The topological polar surface area (TPSA) is 61.9 Å². The van der Waals surface area contributed by atoms with Gasteiger partial charge in [-0.15, -0.1) is 0 Å². The minimum absolute atomic E-state index is 0.0236. The number of ether oxygens (including phenoxy) is 1. The third-order valence-corrected chi connectivity index (χ3v) is 3.76. The number of carbonyl (C=O) groups is 2. The Balaban J connectivity index is 1.66. The van der Waals surface area contributed by atoms with E-state index in [2.05, 4.69) is 10.2 Å². The second-order valence-corrected chi connectivity index (χ2v) is 5.44. The van der Waals surface area contributed by atoms with Crippen LogP contribution in [-0.2, 0) is 14.3 Å². The summed E-state index contributed by atoms with van der Waals surface area (Å²) in [7, 11) is 0. The predicted octanol–water partition coefficient (Wildman–Crippen LogP) is -0.698. The molecule has 6 nitrogen and oxygen atoms in total. The molecule has 2 rings (SSSR count). The number of carbonyl (C=O) groups excluding carboxylic acids is 2. The van der Waals surface area contributed by atoms with Crippen molar-refractivity contribution in [3.8, 4) is 0 Å². The largest absolute Gasteiger partial charge is 0.379 e. The van der Waals surface area contributed by atoms with E-state index < -0.39 is 0 Å². The Labute approximate surface area is 114 Å². The maximum Gasteiger partial charge on any atom is 0.224 e. The SMILES string of the molecule is CC(=O)N1CC(NC(=O)C(C)CN2CCOCC2)C1. The normalized spacial score (nSPS) is 22.7. The van der Waals surface area contributed by atoms with Crippen LogP contribution in [0.5, 0.6) is 0 Å². The summed E-state index contributed by atoms with van der Waals surface area (Å²) in [6.45, 7) is 8.88. The summed E-state index contributed by atoms with van der Waals surface area (Å²) in [5.41, 5.74) is 0. The van der Waals surface area contributed by atoms with Crippen molar-refractivity contribution in [3.63, 3.8) is 0 Å². The molecule has 2 heterocycles. The summed E-state index contributed by atoms with van der Waals surface area (Å²) < 4.78 is 5.29. The van der Waals surface area contributed by atoms with Gasteiger partial charge in [0.05, 0.1) is 19.3 Å². The molecular weight excluding hydrogens is 246 g/mol. The summed E-state index contributed by atoms with van der Waals surface area (Å²) in [6.07, 6.45) is 0. The molecule has 2 aliphatic heterocycles. The van der Waals surface area contributed by atoms with Crippen molar-refractivity contribution in [2.45, 2.75) is 19.9 Å². The van der Waals surface area contributed by atoms with Crippen LogP contribution in [-0.4, -0.2) is 73.6 Å². The Morgan fingerprint density at radius 1 is 1.32 bits per heavy atom. The van der Waals surface area contributed by atoms with Crippen LogP contribution in [0.3, 0.4) is 0 Å². The van der Waals surface area contributed by atoms with Crippen molar-refractivity contribution < 1.29 is 14.3 Å². The Morgan fingerprint density at radius 2 is 1.95 bits per heavy atom. The first-order valence-corrected chi connectivity index (χ1v) is 6.92. The van der Waals surface area contributed by atoms with E-state index in [1.165, 1.54) is 0 Å². The highest BCUT2D eigenvalue weighted by Crippen LogP contribution is 2.09. The van der Waals surface area contributed by atoms with Gasteiger partial charge in [0.1, 0.15) is 0 Å². The molecule has 0 spiro atoms. The monoisotopic (exact) mass is 269 g/mol. The molecule has 2 amide bonds. The molecule has 1 atom stereocenters. The molecule has 0 radical (unpaired) electrons. The number of amides is 2. The molecule has 1 unspecified atom stereocenters. The fourth-order valence-electron chi connectivity index (χ4n) is 2.42. The molecule has 6 heteroatoms. The molecule has 2 aliphatic rings. The van der Waals surface area contributed by atoms with E-state index in [-0.39, 0.29) is 23.8 Å². The molecule has 0 bridgehead atoms. The molecule has 2 fully saturated rings. The van der Waals surface area contributed by atoms with E-state index in [0.717, 1.165) is 32.8 Å². The molecule has 2 saturated heterocycles. The van der Waals surface area contributed by atoms with Crippen LogP contribution in [0.25, 0.3) is 0 Å². The zero-order chi connectivity index (χ0) is 13.8. The molecule has 108 valence electrons. The molecule has 1 N–H and O–H groups in total. The van der Waals surface area contributed by atoms with Gasteiger partial charge in [0.2, 0.25) is 11.8 Å². The highest BCUT2D eigenvalue weighted by atomic mass is 16.5. The number of rotatable bonds is 4. The number of nitrogens with one attached hydrogen (secondary N) is 1. The van der Waals surface area contributed by atoms with Crippen molar-refractivity contribution in [2.24, 2.45) is 5.92 Å². The Bertz CT molecular complexity index is 336. The Hall–Kier alpha value is -1.14. The van der Waals surface area contributed by atoms with Gasteiger partial charge < -0.3 is 15.0 Å². The van der Waals surface area contributed by atoms with Gasteiger partial charge in [0, 0.05) is 45.6 Å². The number of morpholine rings is 1. The van der Waals surface area contributed by atoms with Gasteiger partial charge in [0.25, 0.3) is 0 Å². The average Bonchev–Trinajstić information content (AvgIpc) is 2.33. The van der Waals surface area contributed by atoms with E-state index >= 15 is 0 Å². The predicted molar refractivity (Wildman–Crippen MR) is 70.6 cm³/mol. The number of hydrogen-bond donors (Lipinski definition) is 1. The van der Waals surface area contributed by atoms with Crippen LogP contribution in [0.1, 0.15) is 13.8 Å². The maximum absolute atomic E-state index is 12.0. The van der Waals surface area contributed by atoms with Gasteiger partial charge in [-0.05, 0) is 0 Å². The van der Waals surface area contributed by atoms with E-state index in [1.54, 1.807) is 11.8 Å². The maximum atomic E-state index is 12.0. The van der Waals surface area contributed by atoms with Crippen LogP contribution < -0.4 is 5.32 Å². The van der Waals surface area contributed by atoms with Gasteiger partial charge in [-0.2, -0.15) is 0 Å². The molecule has 0 saturated carbocycles. The van der Waals surface area contributed by atoms with E-state index in [0.29, 0.717) is 13.1 Å². The summed E-state index contributed by atoms with van der Waals surface area (Å²) in [4.78, 5) is 27.1. The van der Waals surface area contributed by atoms with Crippen molar-refractivity contribution in [3.05, 3.63) is 0 Å². The summed E-state index contributed by atoms with van der Waals surface area (Å²) in [6, 6.07) is 0.128. The van der Waals surface area contributed by atoms with Crippen LogP contribution in [0, 0.1) is 5.92 Å². The van der Waals surface area contributed by atoms with Crippen molar-refractivity contribution in [1.29, 1.82) is 0 Å². The molecule has 0 aromatic heterocycles. The lowest BCUT2D eigenvalue weighted by Gasteiger charge is -2.39. The van der Waals surface area contributed by atoms with Crippen LogP contribution >= 0.6 is 0 Å². The highest BCUT2D eigenvalue weighted by molar-refractivity contribution is 5.80. The lowest BCUT2D eigenvalue weighted by molar-refractivity contribution is -0.136. The van der Waals surface area contributed by atoms with Crippen molar-refractivity contribution in [1.82, 2.24) is 15.1 Å². The fourth-order valence-corrected chi connectivity index (χ4v) is 2.42. The van der Waals surface area contributed by atoms with Gasteiger partial charge in [0.15, 0.2) is 0 Å². The standard InChI is InChI=1S/C13H23N3O3/c1-10(7-15-3-5-19-6-4-15)13(18)14-12-8-16(9-12)11(2)17/h10,12H,3-9H2,1-2H3,(H,14,18). The highest BCUT2D eigenvalue weighted by Gasteiger charge is 2.31. The quantitative estimate of drug-likeness (QED) is 0.733. The molecular formula is C13H23N3O3. The third-order valence-electron chi connectivity index (χ3n) is 3.76. The van der Waals surface area contributed by atoms with Gasteiger partial charge in [-0.1, -0.05) is 6.92 Å². The van der Waals surface area contributed by atoms with Gasteiger partial charge in [-0.25, -0.2) is 0 Å². The molecule has 0 aromatic rings. The first-order valence-electron chi connectivity index (χ1n) is 6.92. The average molecular weight is 269 g/mol. The lowest BCUT2D eigenvalue weighted by Crippen LogP contribution is -2.61. The zero-order valence-electron chi connectivity index (χ0n) is 11.7. The molecule has 0 aliphatic carbocycles. The van der Waals surface area contributed by atoms with E-state index in [1.807, 2.05) is 6.92 Å². The molecule has 19 heavy (non-hydrogen) atoms. The number of nitrogens with zero attached hydrogens (tertiary/aromatic N) is 2. The van der Waals surface area contributed by atoms with Crippen molar-refractivity contribution in [2.75, 3.05) is 45.9 Å². The first-order chi connectivity index (χ1) is 9.06. The first kappa shape index (κ1) is 14.3. The zero-order valence-corrected chi connectivity index (χ0v) is 11.7. The minimum Gasteiger partial charge on any atom is -0.379 e. The van der Waals surface area contributed by atoms with Gasteiger partial charge >= 0.3 is 0 Å². The van der Waals surface area contributed by atoms with Crippen LogP contribution in [0.4, 0.5) is 0 Å². The summed E-state index contributed by atoms with van der Waals surface area (Å²) in [5.74, 6) is 0.135. The summed E-state index contributed by atoms with van der Waals surface area (Å²) in [5, 5.41) is 3.00. The minimum atomic E-state index is -0.0236. The van der Waals surface area contributed by atoms with E-state index in [9.17, 15) is 9.59 Å². The number of likely N-dealkylation sites (tertiary alicyclic amines) is 1. The smallest absolute Gasteiger partial charge is 0.224 e. The Kier molecular flexibility index (Phi) is 4.76. The second kappa shape index (κ2) is 6.34. The van der Waals surface area contributed by atoms with Crippen molar-refractivity contribution >= 4 is 11.8 Å². The summed E-state index contributed by atoms with van der Waals surface area (Å²) >= 11 is 0. The third kappa shape index (κ3) is 3.91. The molecule has 0 aromatic carbocycles. The fraction of sp³-hybridized carbons (Fsp3) is 0.846. The van der Waals surface area contributed by atoms with Gasteiger partial charge in [-0.3, -0.25) is 14.5 Å². The lowest BCUT2D eigenvalue weighted by atomic mass is 10.1.